The van der Waals surface area contributed by atoms with E-state index in [2.05, 4.69) is 4.98 Å². The molecule has 0 unspecified atom stereocenters. The lowest BCUT2D eigenvalue weighted by molar-refractivity contribution is -0.142. The third-order valence-corrected chi connectivity index (χ3v) is 2.79. The highest BCUT2D eigenvalue weighted by molar-refractivity contribution is 14.1. The molecule has 0 saturated carbocycles. The molecule has 1 aromatic rings. The number of carbonyl (C=O) groups excluding carboxylic acids is 1. The first-order valence-corrected chi connectivity index (χ1v) is 5.80. The Hall–Kier alpha value is -0.860. The van der Waals surface area contributed by atoms with Crippen molar-refractivity contribution in [2.75, 3.05) is 6.61 Å². The van der Waals surface area contributed by atoms with Crippen molar-refractivity contribution in [2.45, 2.75) is 19.5 Å². The van der Waals surface area contributed by atoms with E-state index in [0.717, 1.165) is 6.07 Å². The molecule has 1 rings (SSSR count). The summed E-state index contributed by atoms with van der Waals surface area (Å²) < 4.78 is 41.8. The molecule has 0 amide bonds. The largest absolute Gasteiger partial charge is 0.466 e. The predicted octanol–water partition coefficient (Wildman–Crippen LogP) is 2.81. The number of halogens is 4. The number of aromatic nitrogens is 1. The molecule has 0 fully saturated rings. The van der Waals surface area contributed by atoms with E-state index in [1.54, 1.807) is 29.5 Å². The fourth-order valence-electron chi connectivity index (χ4n) is 1.12. The summed E-state index contributed by atoms with van der Waals surface area (Å²) in [5.74, 6) is -0.480. The molecule has 94 valence electrons. The van der Waals surface area contributed by atoms with Crippen LogP contribution in [-0.4, -0.2) is 17.6 Å². The highest BCUT2D eigenvalue weighted by atomic mass is 127. The third-order valence-electron chi connectivity index (χ3n) is 1.86. The molecule has 17 heavy (non-hydrogen) atoms. The minimum Gasteiger partial charge on any atom is -0.466 e. The van der Waals surface area contributed by atoms with Gasteiger partial charge in [-0.05, 0) is 41.1 Å². The first kappa shape index (κ1) is 14.2. The van der Waals surface area contributed by atoms with Gasteiger partial charge in [-0.2, -0.15) is 13.2 Å². The number of esters is 1. The summed E-state index contributed by atoms with van der Waals surface area (Å²) in [6.45, 7) is 1.90. The van der Waals surface area contributed by atoms with Crippen molar-refractivity contribution >= 4 is 28.6 Å². The molecule has 3 nitrogen and oxygen atoms in total. The smallest absolute Gasteiger partial charge is 0.433 e. The van der Waals surface area contributed by atoms with E-state index >= 15 is 0 Å². The minimum absolute atomic E-state index is 0.0722. The van der Waals surface area contributed by atoms with Gasteiger partial charge in [-0.15, -0.1) is 0 Å². The van der Waals surface area contributed by atoms with Gasteiger partial charge < -0.3 is 4.74 Å². The molecular weight excluding hydrogens is 350 g/mol. The van der Waals surface area contributed by atoms with Gasteiger partial charge in [0.2, 0.25) is 0 Å². The number of pyridine rings is 1. The van der Waals surface area contributed by atoms with Gasteiger partial charge in [0.1, 0.15) is 9.39 Å². The van der Waals surface area contributed by atoms with Crippen LogP contribution < -0.4 is 0 Å². The molecule has 0 N–H and O–H groups in total. The van der Waals surface area contributed by atoms with Crippen LogP contribution >= 0.6 is 22.6 Å². The Bertz CT molecular complexity index is 421. The number of hydrogen-bond donors (Lipinski definition) is 0. The lowest BCUT2D eigenvalue weighted by atomic mass is 10.2. The Kier molecular flexibility index (Phi) is 4.72. The van der Waals surface area contributed by atoms with Crippen LogP contribution in [0.3, 0.4) is 0 Å². The first-order chi connectivity index (χ1) is 7.84. The molecule has 1 heterocycles. The van der Waals surface area contributed by atoms with Crippen LogP contribution in [0.5, 0.6) is 0 Å². The van der Waals surface area contributed by atoms with Gasteiger partial charge in [0.05, 0.1) is 13.0 Å². The Morgan fingerprint density at radius 1 is 1.47 bits per heavy atom. The van der Waals surface area contributed by atoms with Crippen molar-refractivity contribution in [3.05, 3.63) is 27.1 Å². The highest BCUT2D eigenvalue weighted by Crippen LogP contribution is 2.28. The van der Waals surface area contributed by atoms with E-state index in [0.29, 0.717) is 5.56 Å². The number of ether oxygens (including phenoxy) is 1. The maximum atomic E-state index is 12.3. The summed E-state index contributed by atoms with van der Waals surface area (Å²) in [6.07, 6.45) is -4.54. The summed E-state index contributed by atoms with van der Waals surface area (Å²) in [6, 6.07) is 2.10. The maximum Gasteiger partial charge on any atom is 0.433 e. The van der Waals surface area contributed by atoms with E-state index in [1.165, 1.54) is 6.07 Å². The predicted molar refractivity (Wildman–Crippen MR) is 62.3 cm³/mol. The van der Waals surface area contributed by atoms with E-state index in [4.69, 9.17) is 4.74 Å². The molecule has 0 bridgehead atoms. The van der Waals surface area contributed by atoms with Crippen LogP contribution in [0.1, 0.15) is 18.2 Å². The van der Waals surface area contributed by atoms with Gasteiger partial charge in [0.25, 0.3) is 0 Å². The van der Waals surface area contributed by atoms with Crippen LogP contribution in [0.15, 0.2) is 12.1 Å². The normalized spacial score (nSPS) is 11.4. The first-order valence-electron chi connectivity index (χ1n) is 4.72. The Morgan fingerprint density at radius 3 is 2.59 bits per heavy atom. The summed E-state index contributed by atoms with van der Waals surface area (Å²) in [7, 11) is 0. The van der Waals surface area contributed by atoms with E-state index in [9.17, 15) is 18.0 Å². The molecule has 0 atom stereocenters. The van der Waals surface area contributed by atoms with Crippen molar-refractivity contribution in [3.8, 4) is 0 Å². The zero-order valence-electron chi connectivity index (χ0n) is 8.84. The maximum absolute atomic E-state index is 12.3. The van der Waals surface area contributed by atoms with Crippen LogP contribution in [-0.2, 0) is 22.1 Å². The lowest BCUT2D eigenvalue weighted by Gasteiger charge is -2.08. The average molecular weight is 359 g/mol. The molecule has 0 aliphatic heterocycles. The molecule has 1 aromatic heterocycles. The monoisotopic (exact) mass is 359 g/mol. The van der Waals surface area contributed by atoms with Gasteiger partial charge in [-0.25, -0.2) is 4.98 Å². The quantitative estimate of drug-likeness (QED) is 0.473. The van der Waals surface area contributed by atoms with Gasteiger partial charge in [0.15, 0.2) is 0 Å². The number of alkyl halides is 3. The molecule has 7 heteroatoms. The lowest BCUT2D eigenvalue weighted by Crippen LogP contribution is -2.13. The van der Waals surface area contributed by atoms with Crippen molar-refractivity contribution in [1.82, 2.24) is 4.98 Å². The van der Waals surface area contributed by atoms with Crippen molar-refractivity contribution < 1.29 is 22.7 Å². The van der Waals surface area contributed by atoms with Gasteiger partial charge in [-0.3, -0.25) is 4.79 Å². The Balaban J connectivity index is 2.87. The molecular formula is C10H9F3INO2. The summed E-state index contributed by atoms with van der Waals surface area (Å²) in [4.78, 5) is 14.6. The second-order valence-corrected chi connectivity index (χ2v) is 4.15. The topological polar surface area (TPSA) is 39.2 Å². The third kappa shape index (κ3) is 4.14. The van der Waals surface area contributed by atoms with Crippen molar-refractivity contribution in [3.63, 3.8) is 0 Å². The van der Waals surface area contributed by atoms with Crippen LogP contribution in [0, 0.1) is 3.70 Å². The fourth-order valence-corrected chi connectivity index (χ4v) is 1.75. The van der Waals surface area contributed by atoms with E-state index < -0.39 is 17.8 Å². The number of hydrogen-bond acceptors (Lipinski definition) is 3. The van der Waals surface area contributed by atoms with Gasteiger partial charge in [0, 0.05) is 0 Å². The van der Waals surface area contributed by atoms with Crippen LogP contribution in [0.4, 0.5) is 13.2 Å². The summed E-state index contributed by atoms with van der Waals surface area (Å²) in [5, 5.41) is 0. The van der Waals surface area contributed by atoms with Crippen LogP contribution in [0.2, 0.25) is 0 Å². The standard InChI is InChI=1S/C10H9F3INO2/c1-2-17-8(16)5-6-3-4-7(10(11,12)13)15-9(6)14/h3-4H,2,5H2,1H3. The summed E-state index contributed by atoms with van der Waals surface area (Å²) >= 11 is 1.67. The average Bonchev–Trinajstić information content (AvgIpc) is 2.20. The number of nitrogens with zero attached hydrogens (tertiary/aromatic N) is 1. The molecule has 0 aliphatic rings. The zero-order chi connectivity index (χ0) is 13.1. The van der Waals surface area contributed by atoms with Gasteiger partial charge >= 0.3 is 12.1 Å². The number of carbonyl (C=O) groups is 1. The van der Waals surface area contributed by atoms with Crippen molar-refractivity contribution in [1.29, 1.82) is 0 Å². The molecule has 0 saturated heterocycles. The van der Waals surface area contributed by atoms with Crippen LogP contribution in [0.25, 0.3) is 0 Å². The zero-order valence-corrected chi connectivity index (χ0v) is 11.0. The van der Waals surface area contributed by atoms with E-state index in [1.807, 2.05) is 0 Å². The molecule has 0 spiro atoms. The SMILES string of the molecule is CCOC(=O)Cc1ccc(C(F)(F)F)nc1I. The number of rotatable bonds is 3. The molecule has 0 radical (unpaired) electrons. The van der Waals surface area contributed by atoms with Gasteiger partial charge in [-0.1, -0.05) is 6.07 Å². The Labute approximate surface area is 110 Å². The minimum atomic E-state index is -4.47. The molecule has 0 aliphatic carbocycles. The molecule has 0 aromatic carbocycles. The second kappa shape index (κ2) is 5.65. The van der Waals surface area contributed by atoms with E-state index in [-0.39, 0.29) is 16.7 Å². The Morgan fingerprint density at radius 2 is 2.12 bits per heavy atom. The fraction of sp³-hybridized carbons (Fsp3) is 0.400. The van der Waals surface area contributed by atoms with Crippen molar-refractivity contribution in [2.24, 2.45) is 0 Å². The highest BCUT2D eigenvalue weighted by Gasteiger charge is 2.32. The summed E-state index contributed by atoms with van der Waals surface area (Å²) in [5.41, 5.74) is -0.536. The second-order valence-electron chi connectivity index (χ2n) is 3.13.